The Morgan fingerprint density at radius 3 is 2.67 bits per heavy atom. The molecule has 0 aliphatic heterocycles. The summed E-state index contributed by atoms with van der Waals surface area (Å²) in [5, 5.41) is 9.03. The molecule has 0 aliphatic rings. The molecule has 1 aromatic rings. The molecule has 2 nitrogen and oxygen atoms in total. The Hall–Kier alpha value is -1.54. The lowest BCUT2D eigenvalue weighted by molar-refractivity contribution is -0.131. The number of rotatable bonds is 3. The van der Waals surface area contributed by atoms with E-state index in [4.69, 9.17) is 16.7 Å². The van der Waals surface area contributed by atoms with E-state index in [2.05, 4.69) is 0 Å². The molecule has 1 N–H and O–H groups in total. The van der Waals surface area contributed by atoms with Crippen molar-refractivity contribution in [1.82, 2.24) is 0 Å². The smallest absolute Gasteiger partial charge is 0.328 e. The van der Waals surface area contributed by atoms with Crippen molar-refractivity contribution < 1.29 is 9.90 Å². The van der Waals surface area contributed by atoms with Crippen molar-refractivity contribution >= 4 is 23.6 Å². The molecule has 0 aliphatic carbocycles. The maximum Gasteiger partial charge on any atom is 0.328 e. The van der Waals surface area contributed by atoms with Crippen molar-refractivity contribution in [2.45, 2.75) is 6.92 Å². The Kier molecular flexibility index (Phi) is 4.13. The first kappa shape index (κ1) is 11.5. The third-order valence-electron chi connectivity index (χ3n) is 1.70. The van der Waals surface area contributed by atoms with Gasteiger partial charge in [-0.05, 0) is 30.2 Å². The summed E-state index contributed by atoms with van der Waals surface area (Å²) in [6.07, 6.45) is 6.02. The molecule has 0 unspecified atom stereocenters. The Morgan fingerprint density at radius 1 is 1.33 bits per heavy atom. The van der Waals surface area contributed by atoms with Gasteiger partial charge in [-0.3, -0.25) is 0 Å². The summed E-state index contributed by atoms with van der Waals surface area (Å²) in [4.78, 5) is 10.2. The third-order valence-corrected chi connectivity index (χ3v) is 1.92. The fourth-order valence-corrected chi connectivity index (χ4v) is 1.46. The van der Waals surface area contributed by atoms with Crippen LogP contribution in [0, 0.1) is 6.92 Å². The van der Waals surface area contributed by atoms with Crippen molar-refractivity contribution in [3.63, 3.8) is 0 Å². The van der Waals surface area contributed by atoms with Crippen molar-refractivity contribution in [2.24, 2.45) is 0 Å². The molecular formula is C12H11ClO2. The van der Waals surface area contributed by atoms with Gasteiger partial charge in [-0.25, -0.2) is 4.79 Å². The van der Waals surface area contributed by atoms with Gasteiger partial charge in [0.05, 0.1) is 0 Å². The molecule has 3 heteroatoms. The van der Waals surface area contributed by atoms with Crippen LogP contribution in [-0.4, -0.2) is 11.1 Å². The van der Waals surface area contributed by atoms with Gasteiger partial charge in [0.2, 0.25) is 0 Å². The number of benzene rings is 1. The van der Waals surface area contributed by atoms with Gasteiger partial charge in [0.15, 0.2) is 0 Å². The molecule has 0 spiro atoms. The Morgan fingerprint density at radius 2 is 2.07 bits per heavy atom. The summed E-state index contributed by atoms with van der Waals surface area (Å²) in [6.45, 7) is 1.95. The first-order chi connectivity index (χ1) is 7.08. The van der Waals surface area contributed by atoms with Gasteiger partial charge >= 0.3 is 5.97 Å². The van der Waals surface area contributed by atoms with E-state index >= 15 is 0 Å². The highest BCUT2D eigenvalue weighted by Gasteiger charge is 1.92. The molecule has 0 heterocycles. The molecule has 1 aromatic carbocycles. The molecule has 0 radical (unpaired) electrons. The highest BCUT2D eigenvalue weighted by atomic mass is 35.5. The van der Waals surface area contributed by atoms with Crippen LogP contribution in [0.15, 0.2) is 36.4 Å². The largest absolute Gasteiger partial charge is 0.478 e. The lowest BCUT2D eigenvalue weighted by Crippen LogP contribution is -1.84. The molecule has 0 bridgehead atoms. The molecular weight excluding hydrogens is 212 g/mol. The number of hydrogen-bond donors (Lipinski definition) is 1. The minimum absolute atomic E-state index is 0.678. The van der Waals surface area contributed by atoms with Gasteiger partial charge in [-0.1, -0.05) is 35.9 Å². The molecule has 0 amide bonds. The van der Waals surface area contributed by atoms with Crippen LogP contribution in [0.4, 0.5) is 0 Å². The van der Waals surface area contributed by atoms with E-state index < -0.39 is 5.97 Å². The second kappa shape index (κ2) is 5.37. The van der Waals surface area contributed by atoms with Crippen LogP contribution in [-0.2, 0) is 4.79 Å². The molecule has 78 valence electrons. The molecule has 0 aromatic heterocycles. The number of carboxylic acid groups (broad SMARTS) is 1. The van der Waals surface area contributed by atoms with Crippen molar-refractivity contribution in [3.05, 3.63) is 52.6 Å². The van der Waals surface area contributed by atoms with Crippen LogP contribution in [0.25, 0.3) is 6.08 Å². The van der Waals surface area contributed by atoms with Crippen LogP contribution in [0.1, 0.15) is 11.1 Å². The van der Waals surface area contributed by atoms with Gasteiger partial charge in [0.1, 0.15) is 0 Å². The molecule has 0 atom stereocenters. The maximum absolute atomic E-state index is 10.2. The second-order valence-electron chi connectivity index (χ2n) is 3.12. The van der Waals surface area contributed by atoms with Crippen LogP contribution in [0.3, 0.4) is 0 Å². The summed E-state index contributed by atoms with van der Waals surface area (Å²) in [6, 6.07) is 5.66. The number of aryl methyl sites for hydroxylation is 1. The standard InChI is InChI=1S/C12H11ClO2/c1-9-6-10(8-11(13)7-9)4-2-3-5-12(14)15/h2-8H,1H3,(H,14,15)/b4-2+,5-3+. The monoisotopic (exact) mass is 222 g/mol. The SMILES string of the molecule is Cc1cc(Cl)cc(/C=C/C=C/C(=O)O)c1. The summed E-state index contributed by atoms with van der Waals surface area (Å²) >= 11 is 5.87. The number of carbonyl (C=O) groups is 1. The van der Waals surface area contributed by atoms with E-state index in [1.807, 2.05) is 25.1 Å². The van der Waals surface area contributed by atoms with Crippen LogP contribution < -0.4 is 0 Å². The van der Waals surface area contributed by atoms with E-state index in [1.54, 1.807) is 12.2 Å². The van der Waals surface area contributed by atoms with Gasteiger partial charge in [-0.15, -0.1) is 0 Å². The number of halogens is 1. The average molecular weight is 223 g/mol. The topological polar surface area (TPSA) is 37.3 Å². The minimum atomic E-state index is -0.957. The van der Waals surface area contributed by atoms with Crippen molar-refractivity contribution in [1.29, 1.82) is 0 Å². The molecule has 15 heavy (non-hydrogen) atoms. The van der Waals surface area contributed by atoms with Gasteiger partial charge < -0.3 is 5.11 Å². The van der Waals surface area contributed by atoms with Crippen molar-refractivity contribution in [2.75, 3.05) is 0 Å². The van der Waals surface area contributed by atoms with Crippen LogP contribution >= 0.6 is 11.6 Å². The van der Waals surface area contributed by atoms with Gasteiger partial charge in [0.25, 0.3) is 0 Å². The summed E-state index contributed by atoms with van der Waals surface area (Å²) < 4.78 is 0. The van der Waals surface area contributed by atoms with E-state index in [0.29, 0.717) is 5.02 Å². The summed E-state index contributed by atoms with van der Waals surface area (Å²) in [5.41, 5.74) is 2.03. The second-order valence-corrected chi connectivity index (χ2v) is 3.55. The van der Waals surface area contributed by atoms with Crippen LogP contribution in [0.5, 0.6) is 0 Å². The van der Waals surface area contributed by atoms with Gasteiger partial charge in [-0.2, -0.15) is 0 Å². The predicted octanol–water partition coefficient (Wildman–Crippen LogP) is 3.30. The lowest BCUT2D eigenvalue weighted by Gasteiger charge is -1.97. The molecule has 0 saturated heterocycles. The number of hydrogen-bond acceptors (Lipinski definition) is 1. The number of allylic oxidation sites excluding steroid dienone is 2. The lowest BCUT2D eigenvalue weighted by atomic mass is 10.1. The van der Waals surface area contributed by atoms with Crippen molar-refractivity contribution in [3.8, 4) is 0 Å². The van der Waals surface area contributed by atoms with Crippen LogP contribution in [0.2, 0.25) is 5.02 Å². The summed E-state index contributed by atoms with van der Waals surface area (Å²) in [5.74, 6) is -0.957. The molecule has 0 fully saturated rings. The zero-order valence-electron chi connectivity index (χ0n) is 8.27. The summed E-state index contributed by atoms with van der Waals surface area (Å²) in [7, 11) is 0. The fourth-order valence-electron chi connectivity index (χ4n) is 1.17. The minimum Gasteiger partial charge on any atom is -0.478 e. The first-order valence-electron chi connectivity index (χ1n) is 4.43. The van der Waals surface area contributed by atoms with E-state index in [9.17, 15) is 4.79 Å². The predicted molar refractivity (Wildman–Crippen MR) is 62.0 cm³/mol. The number of aliphatic carboxylic acids is 1. The average Bonchev–Trinajstić information content (AvgIpc) is 2.10. The quantitative estimate of drug-likeness (QED) is 0.629. The van der Waals surface area contributed by atoms with E-state index in [-0.39, 0.29) is 0 Å². The fraction of sp³-hybridized carbons (Fsp3) is 0.0833. The molecule has 0 saturated carbocycles. The maximum atomic E-state index is 10.2. The zero-order chi connectivity index (χ0) is 11.3. The number of carboxylic acids is 1. The normalized spacial score (nSPS) is 11.3. The Bertz CT molecular complexity index is 399. The highest BCUT2D eigenvalue weighted by molar-refractivity contribution is 6.30. The molecule has 1 rings (SSSR count). The van der Waals surface area contributed by atoms with Gasteiger partial charge in [0, 0.05) is 11.1 Å². The van der Waals surface area contributed by atoms with E-state index in [0.717, 1.165) is 17.2 Å². The zero-order valence-corrected chi connectivity index (χ0v) is 9.03. The third kappa shape index (κ3) is 4.47. The Balaban J connectivity index is 2.76. The Labute approximate surface area is 93.5 Å². The highest BCUT2D eigenvalue weighted by Crippen LogP contribution is 2.15. The first-order valence-corrected chi connectivity index (χ1v) is 4.80. The van der Waals surface area contributed by atoms with E-state index in [1.165, 1.54) is 6.08 Å².